The number of sulfone groups is 1. The number of carbonyl (C=O) groups excluding carboxylic acids is 2. The van der Waals surface area contributed by atoms with Crippen molar-refractivity contribution in [3.63, 3.8) is 0 Å². The first-order valence-corrected chi connectivity index (χ1v) is 10.2. The number of nitrogens with one attached hydrogen (secondary N) is 1. The zero-order valence-electron chi connectivity index (χ0n) is 14.3. The first kappa shape index (κ1) is 18.2. The maximum atomic E-state index is 12.7. The van der Waals surface area contributed by atoms with Gasteiger partial charge in [0.25, 0.3) is 5.91 Å². The van der Waals surface area contributed by atoms with Crippen LogP contribution in [-0.4, -0.2) is 44.0 Å². The molecule has 0 radical (unpaired) electrons. The predicted molar refractivity (Wildman–Crippen MR) is 94.2 cm³/mol. The second kappa shape index (κ2) is 7.33. The van der Waals surface area contributed by atoms with Crippen molar-refractivity contribution in [2.75, 3.05) is 12.8 Å². The Morgan fingerprint density at radius 3 is 2.58 bits per heavy atom. The Kier molecular flexibility index (Phi) is 5.13. The number of hydrogen-bond acceptors (Lipinski definition) is 5. The number of furan rings is 1. The van der Waals surface area contributed by atoms with E-state index in [4.69, 9.17) is 4.42 Å². The number of hydrogen-bond donors (Lipinski definition) is 1. The molecular weight excluding hydrogens is 356 g/mol. The van der Waals surface area contributed by atoms with Crippen LogP contribution in [0.5, 0.6) is 0 Å². The molecular formula is C18H20N2O5S. The van der Waals surface area contributed by atoms with Crippen LogP contribution in [0.1, 0.15) is 29.0 Å². The Balaban J connectivity index is 1.68. The van der Waals surface area contributed by atoms with Crippen molar-refractivity contribution in [3.8, 4) is 0 Å². The van der Waals surface area contributed by atoms with Crippen molar-refractivity contribution in [1.82, 2.24) is 10.2 Å². The van der Waals surface area contributed by atoms with Gasteiger partial charge in [0.1, 0.15) is 11.8 Å². The van der Waals surface area contributed by atoms with Crippen LogP contribution in [0.2, 0.25) is 0 Å². The van der Waals surface area contributed by atoms with E-state index in [-0.39, 0.29) is 23.3 Å². The molecule has 7 nitrogen and oxygen atoms in total. The number of rotatable bonds is 5. The minimum absolute atomic E-state index is 0.156. The normalized spacial score (nSPS) is 17.3. The first-order valence-electron chi connectivity index (χ1n) is 8.27. The largest absolute Gasteiger partial charge is 0.467 e. The lowest BCUT2D eigenvalue weighted by molar-refractivity contribution is -0.125. The number of carbonyl (C=O) groups is 2. The third-order valence-electron chi connectivity index (χ3n) is 4.36. The molecule has 1 aromatic heterocycles. The van der Waals surface area contributed by atoms with Gasteiger partial charge in [0, 0.05) is 18.4 Å². The molecule has 3 rings (SSSR count). The summed E-state index contributed by atoms with van der Waals surface area (Å²) < 4.78 is 28.2. The summed E-state index contributed by atoms with van der Waals surface area (Å²) >= 11 is 0. The number of benzene rings is 1. The highest BCUT2D eigenvalue weighted by atomic mass is 32.2. The van der Waals surface area contributed by atoms with Crippen LogP contribution in [0.3, 0.4) is 0 Å². The van der Waals surface area contributed by atoms with Gasteiger partial charge in [-0.25, -0.2) is 8.42 Å². The topological polar surface area (TPSA) is 96.7 Å². The van der Waals surface area contributed by atoms with Crippen molar-refractivity contribution in [3.05, 3.63) is 54.0 Å². The maximum absolute atomic E-state index is 12.7. The second-order valence-electron chi connectivity index (χ2n) is 6.25. The Labute approximate surface area is 151 Å². The predicted octanol–water partition coefficient (Wildman–Crippen LogP) is 1.60. The van der Waals surface area contributed by atoms with Crippen LogP contribution in [0.15, 0.2) is 52.0 Å². The highest BCUT2D eigenvalue weighted by molar-refractivity contribution is 7.90. The summed E-state index contributed by atoms with van der Waals surface area (Å²) in [5.41, 5.74) is 0.364. The molecule has 138 valence electrons. The molecule has 2 aromatic rings. The fraction of sp³-hybridized carbons (Fsp3) is 0.333. The van der Waals surface area contributed by atoms with Gasteiger partial charge in [0.15, 0.2) is 9.84 Å². The second-order valence-corrected chi connectivity index (χ2v) is 8.27. The first-order chi connectivity index (χ1) is 12.4. The molecule has 1 aliphatic heterocycles. The molecule has 8 heteroatoms. The van der Waals surface area contributed by atoms with Gasteiger partial charge in [0.2, 0.25) is 5.91 Å². The van der Waals surface area contributed by atoms with Gasteiger partial charge in [-0.3, -0.25) is 9.59 Å². The van der Waals surface area contributed by atoms with Gasteiger partial charge < -0.3 is 14.6 Å². The van der Waals surface area contributed by atoms with Gasteiger partial charge in [-0.15, -0.1) is 0 Å². The Hall–Kier alpha value is -2.61. The van der Waals surface area contributed by atoms with Crippen LogP contribution in [0.25, 0.3) is 0 Å². The number of amides is 2. The molecule has 1 aromatic carbocycles. The van der Waals surface area contributed by atoms with Gasteiger partial charge in [0.05, 0.1) is 17.7 Å². The fourth-order valence-corrected chi connectivity index (χ4v) is 3.63. The molecule has 1 N–H and O–H groups in total. The maximum Gasteiger partial charge on any atom is 0.254 e. The lowest BCUT2D eigenvalue weighted by Gasteiger charge is -2.24. The van der Waals surface area contributed by atoms with Crippen molar-refractivity contribution < 1.29 is 22.4 Å². The molecule has 0 aliphatic carbocycles. The van der Waals surface area contributed by atoms with Crippen LogP contribution >= 0.6 is 0 Å². The SMILES string of the molecule is CS(=O)(=O)c1ccc(C(=O)N2CCCC2C(=O)NCc2ccco2)cc1. The van der Waals surface area contributed by atoms with Gasteiger partial charge in [-0.1, -0.05) is 0 Å². The smallest absolute Gasteiger partial charge is 0.254 e. The van der Waals surface area contributed by atoms with E-state index in [0.717, 1.165) is 12.7 Å². The molecule has 1 fully saturated rings. The average Bonchev–Trinajstić information content (AvgIpc) is 3.30. The Morgan fingerprint density at radius 1 is 1.23 bits per heavy atom. The summed E-state index contributed by atoms with van der Waals surface area (Å²) in [6.45, 7) is 0.763. The molecule has 1 saturated heterocycles. The minimum atomic E-state index is -3.32. The molecule has 0 spiro atoms. The lowest BCUT2D eigenvalue weighted by Crippen LogP contribution is -2.45. The molecule has 26 heavy (non-hydrogen) atoms. The quantitative estimate of drug-likeness (QED) is 0.855. The highest BCUT2D eigenvalue weighted by Gasteiger charge is 2.34. The van der Waals surface area contributed by atoms with E-state index in [2.05, 4.69) is 5.32 Å². The number of nitrogens with zero attached hydrogens (tertiary/aromatic N) is 1. The standard InChI is InChI=1S/C18H20N2O5S/c1-26(23,24)15-8-6-13(7-9-15)18(22)20-10-2-5-16(20)17(21)19-12-14-4-3-11-25-14/h3-4,6-9,11,16H,2,5,10,12H2,1H3,(H,19,21). The lowest BCUT2D eigenvalue weighted by atomic mass is 10.1. The van der Waals surface area contributed by atoms with Crippen LogP contribution in [0, 0.1) is 0 Å². The molecule has 1 unspecified atom stereocenters. The molecule has 1 atom stereocenters. The number of likely N-dealkylation sites (tertiary alicyclic amines) is 1. The molecule has 1 aliphatic rings. The Morgan fingerprint density at radius 2 is 1.96 bits per heavy atom. The summed E-state index contributed by atoms with van der Waals surface area (Å²) in [4.78, 5) is 26.9. The van der Waals surface area contributed by atoms with Gasteiger partial charge in [-0.2, -0.15) is 0 Å². The van der Waals surface area contributed by atoms with Crippen molar-refractivity contribution >= 4 is 21.7 Å². The minimum Gasteiger partial charge on any atom is -0.467 e. The van der Waals surface area contributed by atoms with Crippen molar-refractivity contribution in [2.45, 2.75) is 30.3 Å². The van der Waals surface area contributed by atoms with E-state index in [9.17, 15) is 18.0 Å². The van der Waals surface area contributed by atoms with Crippen LogP contribution in [-0.2, 0) is 21.2 Å². The highest BCUT2D eigenvalue weighted by Crippen LogP contribution is 2.21. The zero-order chi connectivity index (χ0) is 18.7. The monoisotopic (exact) mass is 376 g/mol. The summed E-state index contributed by atoms with van der Waals surface area (Å²) in [5, 5.41) is 2.79. The summed E-state index contributed by atoms with van der Waals surface area (Å²) in [7, 11) is -3.32. The zero-order valence-corrected chi connectivity index (χ0v) is 15.2. The molecule has 2 heterocycles. The van der Waals surface area contributed by atoms with Crippen LogP contribution in [0.4, 0.5) is 0 Å². The Bertz CT molecular complexity index is 888. The molecule has 0 bridgehead atoms. The molecule has 2 amide bonds. The van der Waals surface area contributed by atoms with E-state index in [0.29, 0.717) is 24.3 Å². The van der Waals surface area contributed by atoms with Gasteiger partial charge in [-0.05, 0) is 49.2 Å². The summed E-state index contributed by atoms with van der Waals surface area (Å²) in [6, 6.07) is 8.75. The summed E-state index contributed by atoms with van der Waals surface area (Å²) in [5.74, 6) is 0.145. The summed E-state index contributed by atoms with van der Waals surface area (Å²) in [6.07, 6.45) is 3.99. The van der Waals surface area contributed by atoms with Crippen LogP contribution < -0.4 is 5.32 Å². The van der Waals surface area contributed by atoms with E-state index < -0.39 is 15.9 Å². The fourth-order valence-electron chi connectivity index (χ4n) is 3.00. The van der Waals surface area contributed by atoms with E-state index in [1.165, 1.54) is 35.4 Å². The third kappa shape index (κ3) is 3.96. The average molecular weight is 376 g/mol. The van der Waals surface area contributed by atoms with Crippen molar-refractivity contribution in [1.29, 1.82) is 0 Å². The van der Waals surface area contributed by atoms with E-state index in [1.807, 2.05) is 0 Å². The van der Waals surface area contributed by atoms with E-state index in [1.54, 1.807) is 12.1 Å². The third-order valence-corrected chi connectivity index (χ3v) is 5.49. The molecule has 0 saturated carbocycles. The van der Waals surface area contributed by atoms with Gasteiger partial charge >= 0.3 is 0 Å². The van der Waals surface area contributed by atoms with Crippen molar-refractivity contribution in [2.24, 2.45) is 0 Å². The van der Waals surface area contributed by atoms with E-state index >= 15 is 0 Å².